The van der Waals surface area contributed by atoms with Crippen molar-refractivity contribution in [3.63, 3.8) is 0 Å². The average molecular weight is 385 g/mol. The van der Waals surface area contributed by atoms with Crippen molar-refractivity contribution in [1.29, 1.82) is 0 Å². The van der Waals surface area contributed by atoms with Gasteiger partial charge in [0.05, 0.1) is 25.3 Å². The Balaban J connectivity index is 2.11. The predicted molar refractivity (Wildman–Crippen MR) is 82.4 cm³/mol. The van der Waals surface area contributed by atoms with E-state index in [2.05, 4.69) is 18.8 Å². The Morgan fingerprint density at radius 1 is 0.704 bits per heavy atom. The number of carbonyl (C=O) groups excluding carboxylic acids is 2. The number of esters is 2. The van der Waals surface area contributed by atoms with Crippen molar-refractivity contribution >= 4 is 19.6 Å². The fraction of sp³-hybridized carbons (Fsp3) is 0.125. The van der Waals surface area contributed by atoms with Gasteiger partial charge in [0.1, 0.15) is 11.5 Å². The first-order valence-corrected chi connectivity index (χ1v) is 7.09. The average Bonchev–Trinajstić information content (AvgIpc) is 2.67. The van der Waals surface area contributed by atoms with E-state index in [4.69, 9.17) is 0 Å². The highest BCUT2D eigenvalue weighted by molar-refractivity contribution is 6.20. The van der Waals surface area contributed by atoms with Crippen LogP contribution in [0.3, 0.4) is 0 Å². The number of hydrogen-bond acceptors (Lipinski definition) is 6. The lowest BCUT2D eigenvalue weighted by molar-refractivity contribution is 0.0585. The van der Waals surface area contributed by atoms with Crippen LogP contribution >= 0.6 is 0 Å². The van der Waals surface area contributed by atoms with Crippen molar-refractivity contribution in [2.24, 2.45) is 0 Å². The Morgan fingerprint density at radius 2 is 1.07 bits per heavy atom. The Morgan fingerprint density at radius 3 is 1.41 bits per heavy atom. The SMILES string of the molecule is COC(=O)c1ccc(O[B]Oc2ccc(C(=O)OC)c(F)c2F)c(F)c1F. The first-order valence-electron chi connectivity index (χ1n) is 7.09. The van der Waals surface area contributed by atoms with E-state index < -0.39 is 57.8 Å². The minimum atomic E-state index is -1.52. The second-order valence-corrected chi connectivity index (χ2v) is 4.79. The van der Waals surface area contributed by atoms with Gasteiger partial charge < -0.3 is 18.8 Å². The molecule has 0 bridgehead atoms. The van der Waals surface area contributed by atoms with Crippen LogP contribution in [0.15, 0.2) is 24.3 Å². The van der Waals surface area contributed by atoms with Crippen LogP contribution in [0, 0.1) is 23.3 Å². The maximum atomic E-state index is 13.8. The van der Waals surface area contributed by atoms with E-state index in [0.717, 1.165) is 38.5 Å². The Labute approximate surface area is 150 Å². The summed E-state index contributed by atoms with van der Waals surface area (Å²) < 4.78 is 73.1. The topological polar surface area (TPSA) is 71.1 Å². The van der Waals surface area contributed by atoms with Crippen LogP contribution in [0.4, 0.5) is 17.6 Å². The molecular formula is C16H10BF4O6. The van der Waals surface area contributed by atoms with Gasteiger partial charge in [-0.1, -0.05) is 0 Å². The van der Waals surface area contributed by atoms with Gasteiger partial charge in [-0.2, -0.15) is 8.78 Å². The normalized spacial score (nSPS) is 10.1. The molecule has 6 nitrogen and oxygen atoms in total. The van der Waals surface area contributed by atoms with E-state index in [9.17, 15) is 27.2 Å². The monoisotopic (exact) mass is 385 g/mol. The molecule has 0 aliphatic carbocycles. The summed E-state index contributed by atoms with van der Waals surface area (Å²) >= 11 is 0. The highest BCUT2D eigenvalue weighted by Gasteiger charge is 2.22. The molecule has 0 amide bonds. The molecule has 0 spiro atoms. The molecule has 11 heteroatoms. The van der Waals surface area contributed by atoms with Gasteiger partial charge >= 0.3 is 19.6 Å². The Hall–Kier alpha value is -3.24. The van der Waals surface area contributed by atoms with E-state index in [0.29, 0.717) is 7.69 Å². The van der Waals surface area contributed by atoms with Crippen LogP contribution in [0.1, 0.15) is 20.7 Å². The number of ether oxygens (including phenoxy) is 2. The summed E-state index contributed by atoms with van der Waals surface area (Å²) in [7, 11) is 2.39. The smallest absolute Gasteiger partial charge is 0.524 e. The van der Waals surface area contributed by atoms with Gasteiger partial charge in [-0.15, -0.1) is 0 Å². The predicted octanol–water partition coefficient (Wildman–Crippen LogP) is 2.81. The molecule has 0 saturated carbocycles. The Kier molecular flexibility index (Phi) is 6.27. The first kappa shape index (κ1) is 20.1. The second kappa shape index (κ2) is 8.43. The highest BCUT2D eigenvalue weighted by Crippen LogP contribution is 2.25. The van der Waals surface area contributed by atoms with Crippen LogP contribution in [0.25, 0.3) is 0 Å². The maximum Gasteiger partial charge on any atom is 0.658 e. The molecule has 0 aliphatic heterocycles. The summed E-state index contributed by atoms with van der Waals surface area (Å²) in [6.07, 6.45) is 0. The molecule has 0 fully saturated rings. The molecule has 0 atom stereocenters. The molecule has 2 aromatic rings. The third-order valence-electron chi connectivity index (χ3n) is 3.25. The molecule has 0 aromatic heterocycles. The van der Waals surface area contributed by atoms with Crippen molar-refractivity contribution in [3.05, 3.63) is 58.7 Å². The van der Waals surface area contributed by atoms with E-state index in [1.54, 1.807) is 0 Å². The molecular weight excluding hydrogens is 375 g/mol. The van der Waals surface area contributed by atoms with Gasteiger partial charge in [-0.25, -0.2) is 18.4 Å². The maximum absolute atomic E-state index is 13.8. The van der Waals surface area contributed by atoms with Crippen LogP contribution in [0.5, 0.6) is 11.5 Å². The summed E-state index contributed by atoms with van der Waals surface area (Å²) in [6, 6.07) is 3.61. The van der Waals surface area contributed by atoms with Gasteiger partial charge in [0, 0.05) is 0 Å². The van der Waals surface area contributed by atoms with Crippen LogP contribution in [-0.4, -0.2) is 33.8 Å². The van der Waals surface area contributed by atoms with Crippen molar-refractivity contribution in [3.8, 4) is 11.5 Å². The molecule has 1 radical (unpaired) electrons. The second-order valence-electron chi connectivity index (χ2n) is 4.79. The fourth-order valence-corrected chi connectivity index (χ4v) is 1.91. The molecule has 2 aromatic carbocycles. The standard InChI is InChI=1S/C16H10BF4O6/c1-24-15(22)7-3-5-9(13(20)11(7)18)26-17-27-10-6-4-8(16(23)25-2)12(19)14(10)21/h3-6H,1-2H3. The summed E-state index contributed by atoms with van der Waals surface area (Å²) in [4.78, 5) is 22.5. The van der Waals surface area contributed by atoms with E-state index >= 15 is 0 Å². The fourth-order valence-electron chi connectivity index (χ4n) is 1.91. The Bertz CT molecular complexity index is 818. The summed E-state index contributed by atoms with van der Waals surface area (Å²) in [6.45, 7) is 0. The molecule has 2 rings (SSSR count). The molecule has 27 heavy (non-hydrogen) atoms. The number of halogens is 4. The first-order chi connectivity index (χ1) is 12.8. The lowest BCUT2D eigenvalue weighted by atomic mass is 10.1. The third kappa shape index (κ3) is 4.13. The van der Waals surface area contributed by atoms with Gasteiger partial charge in [0.2, 0.25) is 0 Å². The number of hydrogen-bond donors (Lipinski definition) is 0. The van der Waals surface area contributed by atoms with Crippen LogP contribution in [0.2, 0.25) is 0 Å². The lowest BCUT2D eigenvalue weighted by Gasteiger charge is -2.11. The molecule has 141 valence electrons. The van der Waals surface area contributed by atoms with Crippen LogP contribution < -0.4 is 9.31 Å². The molecule has 0 aliphatic rings. The summed E-state index contributed by atoms with van der Waals surface area (Å²) in [5.74, 6) is -9.65. The molecule has 0 unspecified atom stereocenters. The summed E-state index contributed by atoms with van der Waals surface area (Å²) in [5.41, 5.74) is -1.32. The minimum Gasteiger partial charge on any atom is -0.524 e. The minimum absolute atomic E-state index is 0.408. The largest absolute Gasteiger partial charge is 0.658 e. The number of rotatable bonds is 6. The van der Waals surface area contributed by atoms with Gasteiger partial charge in [0.25, 0.3) is 0 Å². The lowest BCUT2D eigenvalue weighted by Crippen LogP contribution is -2.15. The number of carbonyl (C=O) groups is 2. The molecule has 0 saturated heterocycles. The van der Waals surface area contributed by atoms with Crippen molar-refractivity contribution in [2.45, 2.75) is 0 Å². The van der Waals surface area contributed by atoms with Crippen molar-refractivity contribution in [2.75, 3.05) is 14.2 Å². The van der Waals surface area contributed by atoms with Crippen LogP contribution in [-0.2, 0) is 9.47 Å². The highest BCUT2D eigenvalue weighted by atomic mass is 19.2. The number of benzene rings is 2. The van der Waals surface area contributed by atoms with Crippen molar-refractivity contribution < 1.29 is 45.9 Å². The van der Waals surface area contributed by atoms with Gasteiger partial charge in [0.15, 0.2) is 23.3 Å². The van der Waals surface area contributed by atoms with Crippen molar-refractivity contribution in [1.82, 2.24) is 0 Å². The molecule has 0 heterocycles. The zero-order chi connectivity index (χ0) is 20.1. The third-order valence-corrected chi connectivity index (χ3v) is 3.25. The van der Waals surface area contributed by atoms with Gasteiger partial charge in [-0.3, -0.25) is 0 Å². The van der Waals surface area contributed by atoms with E-state index in [-0.39, 0.29) is 0 Å². The van der Waals surface area contributed by atoms with E-state index in [1.165, 1.54) is 0 Å². The molecule has 0 N–H and O–H groups in total. The quantitative estimate of drug-likeness (QED) is 0.433. The summed E-state index contributed by atoms with van der Waals surface area (Å²) in [5, 5.41) is 0. The van der Waals surface area contributed by atoms with E-state index in [1.807, 2.05) is 0 Å². The number of methoxy groups -OCH3 is 2. The van der Waals surface area contributed by atoms with Gasteiger partial charge in [-0.05, 0) is 24.3 Å². The zero-order valence-corrected chi connectivity index (χ0v) is 13.8. The zero-order valence-electron chi connectivity index (χ0n) is 13.8.